The van der Waals surface area contributed by atoms with Gasteiger partial charge in [0.05, 0.1) is 35.3 Å². The SMILES string of the molecule is CCOC(=O)N1CCC[C@H]1N1C(=O)S/C(=C\c2ccc3c(cnn3Cc3ccc(Cl)cc3C(F)(F)F)c2)C1=O. The number of thioether (sulfide) groups is 1. The number of amides is 3. The molecule has 39 heavy (non-hydrogen) atoms. The third-order valence-corrected chi connectivity index (χ3v) is 7.62. The highest BCUT2D eigenvalue weighted by Crippen LogP contribution is 2.38. The van der Waals surface area contributed by atoms with Crippen LogP contribution in [0.5, 0.6) is 0 Å². The third-order valence-electron chi connectivity index (χ3n) is 6.51. The quantitative estimate of drug-likeness (QED) is 0.327. The molecule has 0 unspecified atom stereocenters. The molecule has 2 fully saturated rings. The van der Waals surface area contributed by atoms with E-state index >= 15 is 0 Å². The number of alkyl halides is 3. The second kappa shape index (κ2) is 10.6. The molecule has 8 nitrogen and oxygen atoms in total. The molecule has 1 aromatic heterocycles. The lowest BCUT2D eigenvalue weighted by atomic mass is 10.1. The summed E-state index contributed by atoms with van der Waals surface area (Å²) < 4.78 is 47.1. The average Bonchev–Trinajstić information content (AvgIpc) is 3.58. The summed E-state index contributed by atoms with van der Waals surface area (Å²) in [5.74, 6) is -0.496. The molecule has 3 aromatic rings. The van der Waals surface area contributed by atoms with Crippen molar-refractivity contribution in [2.45, 2.75) is 38.7 Å². The number of rotatable bonds is 5. The number of nitrogens with zero attached hydrogens (tertiary/aromatic N) is 4. The van der Waals surface area contributed by atoms with Crippen molar-refractivity contribution in [2.24, 2.45) is 0 Å². The van der Waals surface area contributed by atoms with Crippen LogP contribution in [0.15, 0.2) is 47.5 Å². The lowest BCUT2D eigenvalue weighted by Gasteiger charge is -2.29. The summed E-state index contributed by atoms with van der Waals surface area (Å²) in [5.41, 5.74) is 0.413. The Morgan fingerprint density at radius 1 is 1.23 bits per heavy atom. The van der Waals surface area contributed by atoms with Gasteiger partial charge in [-0.2, -0.15) is 18.3 Å². The Morgan fingerprint density at radius 2 is 2.03 bits per heavy atom. The third kappa shape index (κ3) is 5.35. The van der Waals surface area contributed by atoms with Crippen molar-refractivity contribution in [1.29, 1.82) is 0 Å². The van der Waals surface area contributed by atoms with E-state index in [0.29, 0.717) is 35.9 Å². The van der Waals surface area contributed by atoms with E-state index in [4.69, 9.17) is 16.3 Å². The van der Waals surface area contributed by atoms with E-state index in [-0.39, 0.29) is 28.6 Å². The van der Waals surface area contributed by atoms with Crippen molar-refractivity contribution in [3.05, 3.63) is 69.2 Å². The van der Waals surface area contributed by atoms with Gasteiger partial charge in [-0.25, -0.2) is 9.69 Å². The van der Waals surface area contributed by atoms with Crippen molar-refractivity contribution in [3.8, 4) is 0 Å². The van der Waals surface area contributed by atoms with Gasteiger partial charge in [0.2, 0.25) is 0 Å². The molecule has 2 saturated heterocycles. The predicted octanol–water partition coefficient (Wildman–Crippen LogP) is 6.37. The van der Waals surface area contributed by atoms with Gasteiger partial charge in [0, 0.05) is 17.0 Å². The molecule has 0 saturated carbocycles. The van der Waals surface area contributed by atoms with Crippen LogP contribution in [0.1, 0.15) is 36.5 Å². The molecule has 13 heteroatoms. The molecular weight excluding hydrogens is 557 g/mol. The summed E-state index contributed by atoms with van der Waals surface area (Å²) >= 11 is 6.57. The molecular formula is C26H22ClF3N4O4S. The molecule has 0 bridgehead atoms. The number of hydrogen-bond donors (Lipinski definition) is 0. The fraction of sp³-hybridized carbons (Fsp3) is 0.308. The van der Waals surface area contributed by atoms with E-state index < -0.39 is 35.1 Å². The maximum atomic E-state index is 13.5. The fourth-order valence-electron chi connectivity index (χ4n) is 4.76. The van der Waals surface area contributed by atoms with Crippen LogP contribution in [0.4, 0.5) is 22.8 Å². The minimum absolute atomic E-state index is 0.00742. The highest BCUT2D eigenvalue weighted by atomic mass is 35.5. The van der Waals surface area contributed by atoms with Crippen LogP contribution in [0.3, 0.4) is 0 Å². The Hall–Kier alpha value is -3.51. The average molecular weight is 579 g/mol. The number of ether oxygens (including phenoxy) is 1. The summed E-state index contributed by atoms with van der Waals surface area (Å²) in [6, 6.07) is 8.75. The molecule has 1 atom stereocenters. The Labute approximate surface area is 230 Å². The molecule has 0 N–H and O–H groups in total. The van der Waals surface area contributed by atoms with Crippen LogP contribution in [-0.2, 0) is 22.3 Å². The zero-order valence-corrected chi connectivity index (χ0v) is 22.1. The minimum atomic E-state index is -4.56. The topological polar surface area (TPSA) is 84.7 Å². The number of hydrogen-bond acceptors (Lipinski definition) is 6. The first kappa shape index (κ1) is 27.1. The summed E-state index contributed by atoms with van der Waals surface area (Å²) in [5, 5.41) is 4.42. The predicted molar refractivity (Wildman–Crippen MR) is 140 cm³/mol. The number of imide groups is 1. The van der Waals surface area contributed by atoms with Crippen LogP contribution in [0, 0.1) is 0 Å². The van der Waals surface area contributed by atoms with E-state index in [2.05, 4.69) is 5.10 Å². The number of carbonyl (C=O) groups is 3. The van der Waals surface area contributed by atoms with Gasteiger partial charge in [-0.1, -0.05) is 23.7 Å². The summed E-state index contributed by atoms with van der Waals surface area (Å²) in [6.45, 7) is 2.15. The van der Waals surface area contributed by atoms with Crippen LogP contribution in [0.25, 0.3) is 17.0 Å². The first-order valence-corrected chi connectivity index (χ1v) is 13.3. The standard InChI is InChI=1S/C26H22ClF3N4O4S/c1-2-38-24(36)32-9-3-4-22(32)34-23(35)21(39-25(34)37)11-15-5-8-20-17(10-15)13-31-33(20)14-16-6-7-18(27)12-19(16)26(28,29)30/h5-8,10-13,22H,2-4,9,14H2,1H3/b21-11-/t22-/m1/s1. The number of fused-ring (bicyclic) bond motifs is 1. The van der Waals surface area contributed by atoms with Gasteiger partial charge >= 0.3 is 12.3 Å². The Morgan fingerprint density at radius 3 is 2.77 bits per heavy atom. The molecule has 0 radical (unpaired) electrons. The molecule has 0 spiro atoms. The molecule has 3 amide bonds. The Balaban J connectivity index is 1.38. The number of aromatic nitrogens is 2. The summed E-state index contributed by atoms with van der Waals surface area (Å²) in [4.78, 5) is 40.9. The Bertz CT molecular complexity index is 1510. The second-order valence-corrected chi connectivity index (χ2v) is 10.4. The lowest BCUT2D eigenvalue weighted by Crippen LogP contribution is -2.49. The maximum Gasteiger partial charge on any atom is 0.416 e. The highest BCUT2D eigenvalue weighted by Gasteiger charge is 2.45. The summed E-state index contributed by atoms with van der Waals surface area (Å²) in [7, 11) is 0. The van der Waals surface area contributed by atoms with Crippen molar-refractivity contribution >= 4 is 57.6 Å². The van der Waals surface area contributed by atoms with Gasteiger partial charge in [0.25, 0.3) is 11.1 Å². The van der Waals surface area contributed by atoms with Gasteiger partial charge in [-0.05, 0) is 73.0 Å². The van der Waals surface area contributed by atoms with Crippen molar-refractivity contribution in [2.75, 3.05) is 13.2 Å². The number of likely N-dealkylation sites (tertiary alicyclic amines) is 1. The Kier molecular flexibility index (Phi) is 7.34. The smallest absolute Gasteiger partial charge is 0.416 e. The van der Waals surface area contributed by atoms with E-state index in [1.807, 2.05) is 0 Å². The van der Waals surface area contributed by atoms with Gasteiger partial charge in [0.1, 0.15) is 6.17 Å². The summed E-state index contributed by atoms with van der Waals surface area (Å²) in [6.07, 6.45) is -1.61. The highest BCUT2D eigenvalue weighted by molar-refractivity contribution is 8.18. The van der Waals surface area contributed by atoms with E-state index in [1.165, 1.54) is 27.9 Å². The zero-order valence-electron chi connectivity index (χ0n) is 20.6. The second-order valence-electron chi connectivity index (χ2n) is 8.99. The number of carbonyl (C=O) groups excluding carboxylic acids is 3. The molecule has 204 valence electrons. The largest absolute Gasteiger partial charge is 0.450 e. The lowest BCUT2D eigenvalue weighted by molar-refractivity contribution is -0.138. The van der Waals surface area contributed by atoms with Gasteiger partial charge < -0.3 is 4.74 Å². The van der Waals surface area contributed by atoms with Crippen LogP contribution < -0.4 is 0 Å². The van der Waals surface area contributed by atoms with Crippen LogP contribution in [0.2, 0.25) is 5.02 Å². The van der Waals surface area contributed by atoms with Gasteiger partial charge in [-0.15, -0.1) is 0 Å². The van der Waals surface area contributed by atoms with E-state index in [1.54, 1.807) is 31.2 Å². The van der Waals surface area contributed by atoms with Gasteiger partial charge in [0.15, 0.2) is 0 Å². The van der Waals surface area contributed by atoms with Crippen molar-refractivity contribution < 1.29 is 32.3 Å². The van der Waals surface area contributed by atoms with E-state index in [9.17, 15) is 27.6 Å². The monoisotopic (exact) mass is 578 g/mol. The van der Waals surface area contributed by atoms with Crippen molar-refractivity contribution in [1.82, 2.24) is 19.6 Å². The maximum absolute atomic E-state index is 13.5. The first-order chi connectivity index (χ1) is 18.6. The number of benzene rings is 2. The fourth-order valence-corrected chi connectivity index (χ4v) is 5.80. The minimum Gasteiger partial charge on any atom is -0.450 e. The van der Waals surface area contributed by atoms with E-state index in [0.717, 1.165) is 22.7 Å². The molecule has 2 aromatic carbocycles. The van der Waals surface area contributed by atoms with Crippen molar-refractivity contribution in [3.63, 3.8) is 0 Å². The van der Waals surface area contributed by atoms with Crippen LogP contribution in [-0.4, -0.2) is 56.1 Å². The zero-order chi connectivity index (χ0) is 27.9. The normalized spacial score (nSPS) is 19.1. The molecule has 2 aliphatic heterocycles. The molecule has 5 rings (SSSR count). The first-order valence-electron chi connectivity index (χ1n) is 12.1. The number of halogens is 4. The molecule has 0 aliphatic carbocycles. The molecule has 3 heterocycles. The van der Waals surface area contributed by atoms with Crippen LogP contribution >= 0.6 is 23.4 Å². The molecule has 2 aliphatic rings. The van der Waals surface area contributed by atoms with Gasteiger partial charge in [-0.3, -0.25) is 19.2 Å².